The SMILES string of the molecule is CC/C=C\C/C=C\CCCCCCCC(=O)OCC(COC(=O)CCCCCCCCCCCCCCCCCCCC)OC(=O)CCCCCCCCC/C=C\C/C=C\CCCCC. The Kier molecular flexibility index (Phi) is 51.8. The van der Waals surface area contributed by atoms with Crippen molar-refractivity contribution in [3.05, 3.63) is 48.6 Å². The predicted octanol–water partition coefficient (Wildman–Crippen LogP) is 18.7. The zero-order valence-corrected chi connectivity index (χ0v) is 43.3. The first kappa shape index (κ1) is 62.4. The first-order valence-corrected chi connectivity index (χ1v) is 28.1. The van der Waals surface area contributed by atoms with Crippen LogP contribution in [-0.4, -0.2) is 37.2 Å². The summed E-state index contributed by atoms with van der Waals surface area (Å²) in [6, 6.07) is 0. The molecule has 65 heavy (non-hydrogen) atoms. The average molecular weight is 911 g/mol. The lowest BCUT2D eigenvalue weighted by molar-refractivity contribution is -0.167. The number of hydrogen-bond donors (Lipinski definition) is 0. The highest BCUT2D eigenvalue weighted by Crippen LogP contribution is 2.16. The molecular formula is C59H106O6. The van der Waals surface area contributed by atoms with Crippen molar-refractivity contribution in [1.29, 1.82) is 0 Å². The van der Waals surface area contributed by atoms with Gasteiger partial charge >= 0.3 is 17.9 Å². The summed E-state index contributed by atoms with van der Waals surface area (Å²) in [6.45, 7) is 6.52. The Morgan fingerprint density at radius 1 is 0.323 bits per heavy atom. The van der Waals surface area contributed by atoms with Crippen LogP contribution in [0.25, 0.3) is 0 Å². The van der Waals surface area contributed by atoms with Crippen LogP contribution in [0.4, 0.5) is 0 Å². The molecule has 0 saturated heterocycles. The molecule has 0 heterocycles. The fourth-order valence-corrected chi connectivity index (χ4v) is 8.10. The number of hydrogen-bond acceptors (Lipinski definition) is 6. The Labute approximate surface area is 403 Å². The van der Waals surface area contributed by atoms with Gasteiger partial charge in [0.1, 0.15) is 13.2 Å². The molecule has 0 fully saturated rings. The largest absolute Gasteiger partial charge is 0.462 e. The second-order valence-electron chi connectivity index (χ2n) is 18.8. The van der Waals surface area contributed by atoms with E-state index >= 15 is 0 Å². The van der Waals surface area contributed by atoms with E-state index in [0.29, 0.717) is 19.3 Å². The van der Waals surface area contributed by atoms with E-state index in [1.807, 2.05) is 0 Å². The molecule has 0 aliphatic carbocycles. The van der Waals surface area contributed by atoms with Crippen molar-refractivity contribution in [2.75, 3.05) is 13.2 Å². The van der Waals surface area contributed by atoms with Crippen molar-refractivity contribution in [1.82, 2.24) is 0 Å². The topological polar surface area (TPSA) is 78.9 Å². The molecule has 1 unspecified atom stereocenters. The van der Waals surface area contributed by atoms with Crippen LogP contribution in [0.15, 0.2) is 48.6 Å². The third-order valence-corrected chi connectivity index (χ3v) is 12.3. The van der Waals surface area contributed by atoms with Crippen molar-refractivity contribution in [3.8, 4) is 0 Å². The van der Waals surface area contributed by atoms with Gasteiger partial charge in [-0.15, -0.1) is 0 Å². The number of allylic oxidation sites excluding steroid dienone is 8. The van der Waals surface area contributed by atoms with Gasteiger partial charge < -0.3 is 14.2 Å². The molecule has 0 N–H and O–H groups in total. The zero-order chi connectivity index (χ0) is 47.2. The molecule has 0 spiro atoms. The maximum absolute atomic E-state index is 12.8. The van der Waals surface area contributed by atoms with Crippen molar-refractivity contribution in [2.24, 2.45) is 0 Å². The highest BCUT2D eigenvalue weighted by atomic mass is 16.6. The Bertz CT molecular complexity index is 1140. The normalized spacial score (nSPS) is 12.4. The van der Waals surface area contributed by atoms with Crippen LogP contribution >= 0.6 is 0 Å². The molecule has 0 aliphatic heterocycles. The van der Waals surface area contributed by atoms with Gasteiger partial charge in [-0.2, -0.15) is 0 Å². The lowest BCUT2D eigenvalue weighted by atomic mass is 10.0. The second kappa shape index (κ2) is 54.0. The lowest BCUT2D eigenvalue weighted by Gasteiger charge is -2.18. The number of carbonyl (C=O) groups excluding carboxylic acids is 3. The van der Waals surface area contributed by atoms with Crippen LogP contribution < -0.4 is 0 Å². The maximum Gasteiger partial charge on any atom is 0.306 e. The van der Waals surface area contributed by atoms with E-state index < -0.39 is 6.10 Å². The first-order chi connectivity index (χ1) is 32.0. The number of unbranched alkanes of at least 4 members (excludes halogenated alkanes) is 32. The highest BCUT2D eigenvalue weighted by molar-refractivity contribution is 5.71. The van der Waals surface area contributed by atoms with Crippen molar-refractivity contribution in [3.63, 3.8) is 0 Å². The van der Waals surface area contributed by atoms with Gasteiger partial charge in [-0.1, -0.05) is 243 Å². The zero-order valence-electron chi connectivity index (χ0n) is 43.3. The molecule has 0 bridgehead atoms. The minimum Gasteiger partial charge on any atom is -0.462 e. The second-order valence-corrected chi connectivity index (χ2v) is 18.8. The summed E-state index contributed by atoms with van der Waals surface area (Å²) in [5.74, 6) is -0.889. The Hall–Kier alpha value is -2.63. The molecule has 0 radical (unpaired) electrons. The number of esters is 3. The van der Waals surface area contributed by atoms with Gasteiger partial charge in [0.2, 0.25) is 0 Å². The Balaban J connectivity index is 4.34. The summed E-state index contributed by atoms with van der Waals surface area (Å²) in [4.78, 5) is 38.1. The summed E-state index contributed by atoms with van der Waals surface area (Å²) in [6.07, 6.45) is 65.3. The van der Waals surface area contributed by atoms with Gasteiger partial charge in [-0.05, 0) is 77.0 Å². The third-order valence-electron chi connectivity index (χ3n) is 12.3. The van der Waals surface area contributed by atoms with E-state index in [4.69, 9.17) is 14.2 Å². The van der Waals surface area contributed by atoms with Crippen LogP contribution in [0.5, 0.6) is 0 Å². The Morgan fingerprint density at radius 2 is 0.600 bits per heavy atom. The average Bonchev–Trinajstić information content (AvgIpc) is 3.30. The molecule has 378 valence electrons. The number of carbonyl (C=O) groups is 3. The van der Waals surface area contributed by atoms with Gasteiger partial charge in [0.15, 0.2) is 6.10 Å². The van der Waals surface area contributed by atoms with Crippen molar-refractivity contribution < 1.29 is 28.6 Å². The van der Waals surface area contributed by atoms with E-state index in [9.17, 15) is 14.4 Å². The first-order valence-electron chi connectivity index (χ1n) is 28.1. The van der Waals surface area contributed by atoms with Crippen molar-refractivity contribution >= 4 is 17.9 Å². The molecule has 0 aromatic heterocycles. The molecule has 6 nitrogen and oxygen atoms in total. The fraction of sp³-hybridized carbons (Fsp3) is 0.814. The third kappa shape index (κ3) is 52.2. The van der Waals surface area contributed by atoms with Gasteiger partial charge in [0.05, 0.1) is 0 Å². The molecule has 0 aliphatic rings. The molecule has 0 amide bonds. The summed E-state index contributed by atoms with van der Waals surface area (Å²) in [5, 5.41) is 0. The van der Waals surface area contributed by atoms with E-state index in [2.05, 4.69) is 69.4 Å². The molecule has 0 aromatic rings. The minimum absolute atomic E-state index is 0.0782. The van der Waals surface area contributed by atoms with Gasteiger partial charge in [-0.3, -0.25) is 14.4 Å². The molecule has 0 saturated carbocycles. The van der Waals surface area contributed by atoms with E-state index in [0.717, 1.165) is 96.3 Å². The number of rotatable bonds is 51. The molecule has 0 aromatic carbocycles. The monoisotopic (exact) mass is 911 g/mol. The van der Waals surface area contributed by atoms with Crippen LogP contribution in [0.1, 0.15) is 290 Å². The smallest absolute Gasteiger partial charge is 0.306 e. The minimum atomic E-state index is -0.780. The van der Waals surface area contributed by atoms with Gasteiger partial charge in [0.25, 0.3) is 0 Å². The summed E-state index contributed by atoms with van der Waals surface area (Å²) in [5.41, 5.74) is 0. The lowest BCUT2D eigenvalue weighted by Crippen LogP contribution is -2.30. The summed E-state index contributed by atoms with van der Waals surface area (Å²) >= 11 is 0. The Morgan fingerprint density at radius 3 is 0.954 bits per heavy atom. The molecular weight excluding hydrogens is 805 g/mol. The molecule has 1 atom stereocenters. The number of ether oxygens (including phenoxy) is 3. The standard InChI is InChI=1S/C59H106O6/c1-4-7-10-13-16-19-22-25-27-29-31-32-34-37-40-43-46-49-52-58(61)64-55-56(54-63-57(60)51-48-45-42-39-36-24-21-18-15-12-9-6-3)65-59(62)53-50-47-44-41-38-35-33-30-28-26-23-20-17-14-11-8-5-2/h9,12,17-18,20-21,26,28,56H,4-8,10-11,13-16,19,22-25,27,29-55H2,1-3H3/b12-9-,20-17-,21-18-,28-26-. The van der Waals surface area contributed by atoms with Gasteiger partial charge in [-0.25, -0.2) is 0 Å². The van der Waals surface area contributed by atoms with E-state index in [-0.39, 0.29) is 31.1 Å². The molecule has 0 rings (SSSR count). The summed E-state index contributed by atoms with van der Waals surface area (Å²) < 4.78 is 16.8. The maximum atomic E-state index is 12.8. The van der Waals surface area contributed by atoms with E-state index in [1.54, 1.807) is 0 Å². The predicted molar refractivity (Wildman–Crippen MR) is 279 cm³/mol. The van der Waals surface area contributed by atoms with Crippen LogP contribution in [0.3, 0.4) is 0 Å². The van der Waals surface area contributed by atoms with Crippen molar-refractivity contribution in [2.45, 2.75) is 297 Å². The molecule has 6 heteroatoms. The van der Waals surface area contributed by atoms with Crippen LogP contribution in [0.2, 0.25) is 0 Å². The summed E-state index contributed by atoms with van der Waals surface area (Å²) in [7, 11) is 0. The quantitative estimate of drug-likeness (QED) is 0.0262. The van der Waals surface area contributed by atoms with Crippen LogP contribution in [0, 0.1) is 0 Å². The van der Waals surface area contributed by atoms with Crippen LogP contribution in [-0.2, 0) is 28.6 Å². The van der Waals surface area contributed by atoms with E-state index in [1.165, 1.54) is 154 Å². The fourth-order valence-electron chi connectivity index (χ4n) is 8.10. The highest BCUT2D eigenvalue weighted by Gasteiger charge is 2.19. The van der Waals surface area contributed by atoms with Gasteiger partial charge in [0, 0.05) is 19.3 Å².